The summed E-state index contributed by atoms with van der Waals surface area (Å²) in [5, 5.41) is 4.30. The molecular weight excluding hydrogens is 485 g/mol. The molecule has 6 nitrogen and oxygen atoms in total. The van der Waals surface area contributed by atoms with Crippen LogP contribution in [0.15, 0.2) is 42.5 Å². The van der Waals surface area contributed by atoms with Gasteiger partial charge in [0.1, 0.15) is 11.1 Å². The van der Waals surface area contributed by atoms with E-state index in [1.807, 2.05) is 52.0 Å². The molecule has 0 saturated carbocycles. The van der Waals surface area contributed by atoms with E-state index < -0.39 is 11.1 Å². The summed E-state index contributed by atoms with van der Waals surface area (Å²) in [7, 11) is 0. The van der Waals surface area contributed by atoms with Gasteiger partial charge < -0.3 is 15.0 Å². The number of aryl methyl sites for hydroxylation is 1. The molecule has 0 spiro atoms. The molecule has 4 rings (SSSR count). The lowest BCUT2D eigenvalue weighted by Gasteiger charge is -2.45. The van der Waals surface area contributed by atoms with Gasteiger partial charge in [0.05, 0.1) is 6.04 Å². The summed E-state index contributed by atoms with van der Waals surface area (Å²) < 4.78 is 5.56. The van der Waals surface area contributed by atoms with Crippen molar-refractivity contribution in [3.8, 4) is 0 Å². The van der Waals surface area contributed by atoms with Crippen LogP contribution in [0.25, 0.3) is 0 Å². The average Bonchev–Trinajstić information content (AvgIpc) is 3.18. The average molecular weight is 518 g/mol. The first-order valence-corrected chi connectivity index (χ1v) is 12.8. The number of amides is 2. The fourth-order valence-corrected chi connectivity index (χ4v) is 5.66. The van der Waals surface area contributed by atoms with Crippen molar-refractivity contribution in [2.75, 3.05) is 26.2 Å². The maximum absolute atomic E-state index is 14.1. The van der Waals surface area contributed by atoms with Gasteiger partial charge in [-0.15, -0.1) is 0 Å². The van der Waals surface area contributed by atoms with E-state index in [9.17, 15) is 9.59 Å². The molecule has 35 heavy (non-hydrogen) atoms. The highest BCUT2D eigenvalue weighted by Crippen LogP contribution is 2.43. The van der Waals surface area contributed by atoms with E-state index in [1.54, 1.807) is 11.0 Å². The molecular formula is C27H33Cl2N3O3. The van der Waals surface area contributed by atoms with Crippen LogP contribution >= 0.6 is 23.2 Å². The number of hydrogen-bond acceptors (Lipinski definition) is 4. The largest absolute Gasteiger partial charge is 0.444 e. The van der Waals surface area contributed by atoms with Crippen molar-refractivity contribution >= 4 is 35.2 Å². The molecule has 1 aliphatic carbocycles. The number of nitrogens with one attached hydrogen (secondary N) is 1. The van der Waals surface area contributed by atoms with E-state index in [0.717, 1.165) is 17.5 Å². The van der Waals surface area contributed by atoms with Gasteiger partial charge in [0.2, 0.25) is 5.91 Å². The fraction of sp³-hybridized carbons (Fsp3) is 0.481. The summed E-state index contributed by atoms with van der Waals surface area (Å²) in [5.41, 5.74) is 1.74. The van der Waals surface area contributed by atoms with Crippen LogP contribution in [-0.2, 0) is 21.5 Å². The van der Waals surface area contributed by atoms with Crippen LogP contribution in [0.5, 0.6) is 0 Å². The van der Waals surface area contributed by atoms with Crippen LogP contribution < -0.4 is 5.32 Å². The van der Waals surface area contributed by atoms with Crippen molar-refractivity contribution in [2.24, 2.45) is 0 Å². The normalized spacial score (nSPS) is 21.4. The monoisotopic (exact) mass is 517 g/mol. The van der Waals surface area contributed by atoms with Gasteiger partial charge >= 0.3 is 6.09 Å². The molecule has 2 aromatic carbocycles. The summed E-state index contributed by atoms with van der Waals surface area (Å²) in [6.07, 6.45) is 1.20. The topological polar surface area (TPSA) is 61.9 Å². The Morgan fingerprint density at radius 1 is 1.03 bits per heavy atom. The van der Waals surface area contributed by atoms with Crippen LogP contribution in [0, 0.1) is 0 Å². The van der Waals surface area contributed by atoms with Crippen molar-refractivity contribution in [3.63, 3.8) is 0 Å². The Hall–Kier alpha value is -2.28. The lowest BCUT2D eigenvalue weighted by Crippen LogP contribution is -2.61. The second-order valence-corrected chi connectivity index (χ2v) is 11.2. The van der Waals surface area contributed by atoms with Crippen molar-refractivity contribution in [2.45, 2.75) is 57.7 Å². The van der Waals surface area contributed by atoms with Gasteiger partial charge in [0, 0.05) is 36.2 Å². The molecule has 2 aromatic rings. The molecule has 0 bridgehead atoms. The van der Waals surface area contributed by atoms with Crippen LogP contribution in [0.3, 0.4) is 0 Å². The van der Waals surface area contributed by atoms with Gasteiger partial charge in [-0.25, -0.2) is 4.79 Å². The minimum Gasteiger partial charge on any atom is -0.444 e. The molecule has 8 heteroatoms. The van der Waals surface area contributed by atoms with Crippen molar-refractivity contribution in [1.82, 2.24) is 15.1 Å². The zero-order valence-electron chi connectivity index (χ0n) is 20.7. The van der Waals surface area contributed by atoms with E-state index in [2.05, 4.69) is 22.3 Å². The summed E-state index contributed by atoms with van der Waals surface area (Å²) >= 11 is 12.4. The molecule has 1 fully saturated rings. The number of nitrogens with zero attached hydrogens (tertiary/aromatic N) is 2. The number of halogens is 2. The molecule has 2 amide bonds. The van der Waals surface area contributed by atoms with Crippen LogP contribution in [-0.4, -0.2) is 53.6 Å². The van der Waals surface area contributed by atoms with Crippen LogP contribution in [0.4, 0.5) is 4.79 Å². The van der Waals surface area contributed by atoms with Gasteiger partial charge in [0.25, 0.3) is 0 Å². The summed E-state index contributed by atoms with van der Waals surface area (Å²) in [5.74, 6) is -0.0447. The number of hydrogen-bond donors (Lipinski definition) is 1. The lowest BCUT2D eigenvalue weighted by atomic mass is 9.87. The highest BCUT2D eigenvalue weighted by molar-refractivity contribution is 6.34. The molecule has 1 saturated heterocycles. The zero-order chi connectivity index (χ0) is 25.4. The molecule has 2 unspecified atom stereocenters. The summed E-state index contributed by atoms with van der Waals surface area (Å²) in [4.78, 5) is 30.6. The van der Waals surface area contributed by atoms with Gasteiger partial charge in [-0.3, -0.25) is 9.69 Å². The molecule has 1 aliphatic heterocycles. The Labute approximate surface area is 217 Å². The second kappa shape index (κ2) is 10.00. The maximum atomic E-state index is 14.1. The smallest absolute Gasteiger partial charge is 0.410 e. The van der Waals surface area contributed by atoms with E-state index in [4.69, 9.17) is 27.9 Å². The quantitative estimate of drug-likeness (QED) is 0.576. The number of benzene rings is 2. The van der Waals surface area contributed by atoms with Crippen molar-refractivity contribution < 1.29 is 14.3 Å². The van der Waals surface area contributed by atoms with E-state index in [-0.39, 0.29) is 18.0 Å². The van der Waals surface area contributed by atoms with E-state index in [1.165, 1.54) is 5.56 Å². The van der Waals surface area contributed by atoms with Gasteiger partial charge in [-0.1, -0.05) is 47.5 Å². The highest BCUT2D eigenvalue weighted by atomic mass is 35.5. The minimum absolute atomic E-state index is 0.0447. The molecule has 1 N–H and O–H groups in total. The Bertz CT molecular complexity index is 1090. The third-order valence-electron chi connectivity index (χ3n) is 6.80. The first kappa shape index (κ1) is 25.8. The predicted octanol–water partition coefficient (Wildman–Crippen LogP) is 5.57. The molecule has 2 atom stereocenters. The number of piperazine rings is 1. The number of fused-ring (bicyclic) bond motifs is 1. The Balaban J connectivity index is 1.57. The summed E-state index contributed by atoms with van der Waals surface area (Å²) in [6, 6.07) is 13.2. The SMILES string of the molecule is CC(NC(=O)C1(N2CCN(C(=O)OC(C)(C)C)CC2)CCc2ccccc21)c1cc(Cl)cc(Cl)c1. The molecule has 0 radical (unpaired) electrons. The third kappa shape index (κ3) is 5.45. The number of rotatable bonds is 4. The van der Waals surface area contributed by atoms with Gasteiger partial charge in [0.15, 0.2) is 0 Å². The van der Waals surface area contributed by atoms with Crippen LogP contribution in [0.2, 0.25) is 10.0 Å². The van der Waals surface area contributed by atoms with Crippen LogP contribution in [0.1, 0.15) is 56.8 Å². The molecule has 1 heterocycles. The predicted molar refractivity (Wildman–Crippen MR) is 139 cm³/mol. The minimum atomic E-state index is -0.798. The van der Waals surface area contributed by atoms with Gasteiger partial charge in [-0.2, -0.15) is 0 Å². The zero-order valence-corrected chi connectivity index (χ0v) is 22.2. The van der Waals surface area contributed by atoms with E-state index in [0.29, 0.717) is 42.6 Å². The van der Waals surface area contributed by atoms with Gasteiger partial charge in [-0.05, 0) is 75.4 Å². The summed E-state index contributed by atoms with van der Waals surface area (Å²) in [6.45, 7) is 9.71. The standard InChI is InChI=1S/C27H33Cl2N3O3/c1-18(20-15-21(28)17-22(29)16-20)30-24(33)27(10-9-19-7-5-6-8-23(19)27)32-13-11-31(12-14-32)25(34)35-26(2,3)4/h5-8,15-18H,9-14H2,1-4H3,(H,30,33). The second-order valence-electron chi connectivity index (χ2n) is 10.4. The molecule has 0 aromatic heterocycles. The van der Waals surface area contributed by atoms with Crippen molar-refractivity contribution in [1.29, 1.82) is 0 Å². The number of carbonyl (C=O) groups excluding carboxylic acids is 2. The molecule has 188 valence electrons. The van der Waals surface area contributed by atoms with Crippen molar-refractivity contribution in [3.05, 3.63) is 69.2 Å². The highest BCUT2D eigenvalue weighted by Gasteiger charge is 2.51. The Morgan fingerprint density at radius 2 is 1.66 bits per heavy atom. The lowest BCUT2D eigenvalue weighted by molar-refractivity contribution is -0.136. The number of ether oxygens (including phenoxy) is 1. The first-order chi connectivity index (χ1) is 16.5. The maximum Gasteiger partial charge on any atom is 0.410 e. The number of carbonyl (C=O) groups is 2. The van der Waals surface area contributed by atoms with E-state index >= 15 is 0 Å². The first-order valence-electron chi connectivity index (χ1n) is 12.1. The molecule has 2 aliphatic rings. The third-order valence-corrected chi connectivity index (χ3v) is 7.23. The fourth-order valence-electron chi connectivity index (χ4n) is 5.12. The Kier molecular flexibility index (Phi) is 7.37. The Morgan fingerprint density at radius 3 is 2.29 bits per heavy atom.